The van der Waals surface area contributed by atoms with Gasteiger partial charge in [-0.15, -0.1) is 0 Å². The molecule has 3 aliphatic heterocycles. The average Bonchev–Trinajstić information content (AvgIpc) is 2.73. The Morgan fingerprint density at radius 1 is 1.14 bits per heavy atom. The van der Waals surface area contributed by atoms with Gasteiger partial charge in [0, 0.05) is 19.4 Å². The minimum atomic E-state index is -1.58. The van der Waals surface area contributed by atoms with E-state index in [1.165, 1.54) is 20.5 Å². The van der Waals surface area contributed by atoms with Gasteiger partial charge in [0.2, 0.25) is 6.29 Å². The first-order valence-corrected chi connectivity index (χ1v) is 9.40. The van der Waals surface area contributed by atoms with E-state index in [1.54, 1.807) is 6.92 Å². The fourth-order valence-electron chi connectivity index (χ4n) is 4.04. The largest absolute Gasteiger partial charge is 0.471 e. The van der Waals surface area contributed by atoms with Crippen molar-refractivity contribution in [2.45, 2.75) is 62.7 Å². The van der Waals surface area contributed by atoms with Crippen LogP contribution in [0.1, 0.15) is 13.3 Å². The van der Waals surface area contributed by atoms with Crippen molar-refractivity contribution in [3.05, 3.63) is 11.8 Å². The summed E-state index contributed by atoms with van der Waals surface area (Å²) in [6, 6.07) is 0. The zero-order chi connectivity index (χ0) is 21.3. The zero-order valence-corrected chi connectivity index (χ0v) is 16.4. The van der Waals surface area contributed by atoms with E-state index < -0.39 is 67.9 Å². The van der Waals surface area contributed by atoms with E-state index >= 15 is 0 Å². The molecule has 0 amide bonds. The fraction of sp³-hybridized carbons (Fsp3) is 0.833. The second-order valence-electron chi connectivity index (χ2n) is 7.33. The Labute approximate surface area is 167 Å². The summed E-state index contributed by atoms with van der Waals surface area (Å²) in [7, 11) is 2.77. The van der Waals surface area contributed by atoms with Crippen molar-refractivity contribution in [2.24, 2.45) is 11.8 Å². The van der Waals surface area contributed by atoms with Crippen molar-refractivity contribution in [1.82, 2.24) is 0 Å². The molecule has 0 radical (unpaired) electrons. The van der Waals surface area contributed by atoms with Gasteiger partial charge in [-0.2, -0.15) is 0 Å². The number of fused-ring (bicyclic) bond motifs is 1. The van der Waals surface area contributed by atoms with Crippen LogP contribution in [0, 0.1) is 11.8 Å². The molecule has 3 aliphatic rings. The Bertz CT molecular complexity index is 609. The Balaban J connectivity index is 1.82. The van der Waals surface area contributed by atoms with Crippen molar-refractivity contribution < 1.29 is 53.6 Å². The normalized spacial score (nSPS) is 45.0. The molecule has 2 fully saturated rings. The lowest BCUT2D eigenvalue weighted by Gasteiger charge is -2.47. The Kier molecular flexibility index (Phi) is 7.12. The number of rotatable bonds is 5. The van der Waals surface area contributed by atoms with E-state index in [0.717, 1.165) is 0 Å². The van der Waals surface area contributed by atoms with Crippen molar-refractivity contribution >= 4 is 5.97 Å². The molecule has 10 atom stereocenters. The number of carbonyl (C=O) groups excluding carboxylic acids is 1. The van der Waals surface area contributed by atoms with Crippen LogP contribution in [-0.4, -0.2) is 96.6 Å². The molecule has 11 nitrogen and oxygen atoms in total. The Morgan fingerprint density at radius 2 is 1.86 bits per heavy atom. The number of methoxy groups -OCH3 is 2. The third kappa shape index (κ3) is 4.28. The summed E-state index contributed by atoms with van der Waals surface area (Å²) in [5.74, 6) is -1.40. The molecule has 2 saturated heterocycles. The smallest absolute Gasteiger partial charge is 0.337 e. The monoisotopic (exact) mass is 420 g/mol. The summed E-state index contributed by atoms with van der Waals surface area (Å²) in [4.78, 5) is 12.2. The molecule has 0 saturated carbocycles. The second kappa shape index (κ2) is 9.23. The quantitative estimate of drug-likeness (QED) is 0.374. The second-order valence-corrected chi connectivity index (χ2v) is 7.33. The van der Waals surface area contributed by atoms with Gasteiger partial charge in [0.15, 0.2) is 12.6 Å². The summed E-state index contributed by atoms with van der Waals surface area (Å²) in [6.45, 7) is 1.19. The summed E-state index contributed by atoms with van der Waals surface area (Å²) < 4.78 is 32.7. The number of hydrogen-bond donors (Lipinski definition) is 4. The van der Waals surface area contributed by atoms with Crippen molar-refractivity contribution in [1.29, 1.82) is 0 Å². The first-order chi connectivity index (χ1) is 13.8. The van der Waals surface area contributed by atoms with Crippen molar-refractivity contribution in [3.63, 3.8) is 0 Å². The van der Waals surface area contributed by atoms with E-state index in [4.69, 9.17) is 28.4 Å². The molecular formula is C18H28O11. The number of aliphatic hydroxyl groups excluding tert-OH is 4. The van der Waals surface area contributed by atoms with E-state index in [0.29, 0.717) is 12.0 Å². The molecule has 8 unspecified atom stereocenters. The minimum Gasteiger partial charge on any atom is -0.471 e. The van der Waals surface area contributed by atoms with E-state index in [-0.39, 0.29) is 5.92 Å². The van der Waals surface area contributed by atoms with Crippen LogP contribution in [0.2, 0.25) is 0 Å². The lowest BCUT2D eigenvalue weighted by Crippen LogP contribution is -2.61. The molecule has 3 heterocycles. The molecular weight excluding hydrogens is 392 g/mol. The number of hydrogen-bond acceptors (Lipinski definition) is 11. The predicted octanol–water partition coefficient (Wildman–Crippen LogP) is -1.77. The van der Waals surface area contributed by atoms with Gasteiger partial charge in [0.25, 0.3) is 0 Å². The van der Waals surface area contributed by atoms with Gasteiger partial charge in [-0.1, -0.05) is 0 Å². The highest BCUT2D eigenvalue weighted by Crippen LogP contribution is 2.43. The summed E-state index contributed by atoms with van der Waals surface area (Å²) in [5, 5.41) is 39.5. The van der Waals surface area contributed by atoms with Crippen molar-refractivity contribution in [3.8, 4) is 0 Å². The van der Waals surface area contributed by atoms with Crippen LogP contribution < -0.4 is 0 Å². The van der Waals surface area contributed by atoms with E-state index in [1.807, 2.05) is 0 Å². The molecule has 0 aromatic rings. The molecule has 0 aromatic heterocycles. The van der Waals surface area contributed by atoms with E-state index in [2.05, 4.69) is 0 Å². The van der Waals surface area contributed by atoms with Crippen molar-refractivity contribution in [2.75, 3.05) is 20.8 Å². The highest BCUT2D eigenvalue weighted by Gasteiger charge is 2.51. The molecule has 0 bridgehead atoms. The topological polar surface area (TPSA) is 153 Å². The molecule has 3 rings (SSSR count). The highest BCUT2D eigenvalue weighted by molar-refractivity contribution is 5.88. The van der Waals surface area contributed by atoms with E-state index in [9.17, 15) is 25.2 Å². The van der Waals surface area contributed by atoms with Gasteiger partial charge in [-0.05, 0) is 6.92 Å². The summed E-state index contributed by atoms with van der Waals surface area (Å²) >= 11 is 0. The van der Waals surface area contributed by atoms with Crippen LogP contribution in [0.4, 0.5) is 0 Å². The van der Waals surface area contributed by atoms with Gasteiger partial charge < -0.3 is 48.8 Å². The van der Waals surface area contributed by atoms with Crippen LogP contribution in [0.5, 0.6) is 0 Å². The molecule has 0 aliphatic carbocycles. The maximum atomic E-state index is 12.2. The molecule has 0 aromatic carbocycles. The van der Waals surface area contributed by atoms with Gasteiger partial charge in [-0.3, -0.25) is 0 Å². The first-order valence-electron chi connectivity index (χ1n) is 9.40. The number of aliphatic hydroxyl groups is 4. The van der Waals surface area contributed by atoms with Gasteiger partial charge in [0.1, 0.15) is 24.4 Å². The number of carbonyl (C=O) groups is 1. The van der Waals surface area contributed by atoms with Crippen LogP contribution in [0.25, 0.3) is 0 Å². The molecule has 0 spiro atoms. The fourth-order valence-corrected chi connectivity index (χ4v) is 4.04. The molecule has 11 heteroatoms. The number of ether oxygens (including phenoxy) is 6. The molecule has 4 N–H and O–H groups in total. The Morgan fingerprint density at radius 3 is 2.48 bits per heavy atom. The molecule has 166 valence electrons. The zero-order valence-electron chi connectivity index (χ0n) is 16.4. The average molecular weight is 420 g/mol. The lowest BCUT2D eigenvalue weighted by atomic mass is 9.77. The standard InChI is InChI=1S/C18H28O11/c1-7-12-8(4-11(24-2)27-7)9(16(23)25-3)6-26-17(12)29-18-15(22)14(21)13(20)10(5-19)28-18/h6-8,10-15,17-22H,4-5H2,1-3H3/t7?,8-,10?,11?,12-,13?,14?,15?,17?,18?/m1/s1. The van der Waals surface area contributed by atoms with Gasteiger partial charge >= 0.3 is 5.97 Å². The third-order valence-corrected chi connectivity index (χ3v) is 5.66. The summed E-state index contributed by atoms with van der Waals surface area (Å²) in [5.41, 5.74) is 0.309. The molecule has 29 heavy (non-hydrogen) atoms. The van der Waals surface area contributed by atoms with Crippen LogP contribution in [0.15, 0.2) is 11.8 Å². The first kappa shape index (κ1) is 22.4. The minimum absolute atomic E-state index is 0.309. The highest BCUT2D eigenvalue weighted by atomic mass is 16.8. The predicted molar refractivity (Wildman–Crippen MR) is 92.8 cm³/mol. The maximum absolute atomic E-state index is 12.2. The SMILES string of the molecule is COC(=O)C1=COC(OC2OC(CO)C(O)C(O)C2O)[C@@H]2C(C)OC(OC)C[C@H]12. The van der Waals surface area contributed by atoms with Crippen LogP contribution in [-0.2, 0) is 33.2 Å². The third-order valence-electron chi connectivity index (χ3n) is 5.66. The number of esters is 1. The Hall–Kier alpha value is -1.31. The van der Waals surface area contributed by atoms with Crippen LogP contribution >= 0.6 is 0 Å². The maximum Gasteiger partial charge on any atom is 0.337 e. The lowest BCUT2D eigenvalue weighted by molar-refractivity contribution is -0.352. The van der Waals surface area contributed by atoms with Crippen LogP contribution in [0.3, 0.4) is 0 Å². The van der Waals surface area contributed by atoms with Gasteiger partial charge in [0.05, 0.1) is 37.6 Å². The summed E-state index contributed by atoms with van der Waals surface area (Å²) in [6.07, 6.45) is -7.54. The van der Waals surface area contributed by atoms with Gasteiger partial charge in [-0.25, -0.2) is 4.79 Å².